The fourth-order valence-corrected chi connectivity index (χ4v) is 2.46. The molecule has 1 aliphatic carbocycles. The number of fused-ring (bicyclic) bond motifs is 1. The van der Waals surface area contributed by atoms with Crippen molar-refractivity contribution in [3.63, 3.8) is 0 Å². The quantitative estimate of drug-likeness (QED) is 0.870. The average molecular weight is 227 g/mol. The van der Waals surface area contributed by atoms with Gasteiger partial charge in [0.1, 0.15) is 5.75 Å². The fraction of sp³-hybridized carbons (Fsp3) is 0.333. The van der Waals surface area contributed by atoms with Crippen LogP contribution < -0.4 is 10.1 Å². The first-order valence-corrected chi connectivity index (χ1v) is 6.05. The Bertz CT molecular complexity index is 558. The average Bonchev–Trinajstić information content (AvgIpc) is 3.18. The Hall–Kier alpha value is -1.54. The van der Waals surface area contributed by atoms with Crippen molar-refractivity contribution in [2.24, 2.45) is 0 Å². The lowest BCUT2D eigenvalue weighted by atomic mass is 10.0. The molecule has 3 rings (SSSR count). The molecule has 17 heavy (non-hydrogen) atoms. The highest BCUT2D eigenvalue weighted by molar-refractivity contribution is 5.84. The van der Waals surface area contributed by atoms with Crippen LogP contribution in [0.4, 0.5) is 0 Å². The first-order valence-electron chi connectivity index (χ1n) is 6.05. The highest BCUT2D eigenvalue weighted by atomic mass is 16.5. The SMILES string of the molecule is CNC1(c2ccc3cc(OC)ccc3c2)CC1. The van der Waals surface area contributed by atoms with E-state index in [1.807, 2.05) is 13.1 Å². The number of nitrogens with one attached hydrogen (secondary N) is 1. The maximum absolute atomic E-state index is 5.24. The number of hydrogen-bond acceptors (Lipinski definition) is 2. The molecule has 1 fully saturated rings. The number of methoxy groups -OCH3 is 1. The molecule has 0 bridgehead atoms. The molecule has 2 aromatic rings. The molecule has 1 saturated carbocycles. The minimum absolute atomic E-state index is 0.244. The van der Waals surface area contributed by atoms with Gasteiger partial charge in [0.15, 0.2) is 0 Å². The van der Waals surface area contributed by atoms with Crippen molar-refractivity contribution in [2.45, 2.75) is 18.4 Å². The number of ether oxygens (including phenoxy) is 1. The third kappa shape index (κ3) is 1.69. The lowest BCUT2D eigenvalue weighted by Gasteiger charge is -2.15. The number of hydrogen-bond donors (Lipinski definition) is 1. The van der Waals surface area contributed by atoms with E-state index in [2.05, 4.69) is 35.6 Å². The molecule has 0 heterocycles. The third-order valence-corrected chi connectivity index (χ3v) is 3.83. The van der Waals surface area contributed by atoms with E-state index in [-0.39, 0.29) is 5.54 Å². The Morgan fingerprint density at radius 2 is 1.76 bits per heavy atom. The third-order valence-electron chi connectivity index (χ3n) is 3.83. The van der Waals surface area contributed by atoms with Crippen molar-refractivity contribution in [1.82, 2.24) is 5.32 Å². The molecule has 1 aliphatic rings. The zero-order chi connectivity index (χ0) is 11.9. The monoisotopic (exact) mass is 227 g/mol. The summed E-state index contributed by atoms with van der Waals surface area (Å²) in [4.78, 5) is 0. The van der Waals surface area contributed by atoms with Crippen molar-refractivity contribution >= 4 is 10.8 Å². The maximum Gasteiger partial charge on any atom is 0.119 e. The number of rotatable bonds is 3. The zero-order valence-electron chi connectivity index (χ0n) is 10.3. The second-order valence-corrected chi connectivity index (χ2v) is 4.76. The molecular formula is C15H17NO. The molecule has 2 heteroatoms. The van der Waals surface area contributed by atoms with Crippen LogP contribution in [0.1, 0.15) is 18.4 Å². The standard InChI is InChI=1S/C15H17NO/c1-16-15(7-8-15)13-5-3-12-10-14(17-2)6-4-11(12)9-13/h3-6,9-10,16H,7-8H2,1-2H3. The van der Waals surface area contributed by atoms with Crippen molar-refractivity contribution in [3.05, 3.63) is 42.0 Å². The van der Waals surface area contributed by atoms with E-state index < -0.39 is 0 Å². The Morgan fingerprint density at radius 3 is 2.41 bits per heavy atom. The van der Waals surface area contributed by atoms with Crippen molar-refractivity contribution in [2.75, 3.05) is 14.2 Å². The van der Waals surface area contributed by atoms with Crippen LogP contribution in [0.5, 0.6) is 5.75 Å². The first-order chi connectivity index (χ1) is 8.27. The van der Waals surface area contributed by atoms with Gasteiger partial charge in [0.2, 0.25) is 0 Å². The predicted molar refractivity (Wildman–Crippen MR) is 70.5 cm³/mol. The second-order valence-electron chi connectivity index (χ2n) is 4.76. The van der Waals surface area contributed by atoms with Crippen LogP contribution >= 0.6 is 0 Å². The van der Waals surface area contributed by atoms with Crippen LogP contribution in [-0.4, -0.2) is 14.2 Å². The summed E-state index contributed by atoms with van der Waals surface area (Å²) in [5.74, 6) is 0.917. The summed E-state index contributed by atoms with van der Waals surface area (Å²) in [6, 6.07) is 12.9. The molecule has 0 saturated heterocycles. The molecule has 0 unspecified atom stereocenters. The molecule has 0 spiro atoms. The van der Waals surface area contributed by atoms with E-state index in [0.717, 1.165) is 5.75 Å². The van der Waals surface area contributed by atoms with E-state index in [1.165, 1.54) is 29.2 Å². The highest BCUT2D eigenvalue weighted by Crippen LogP contribution is 2.45. The molecular weight excluding hydrogens is 210 g/mol. The van der Waals surface area contributed by atoms with Gasteiger partial charge in [-0.05, 0) is 54.4 Å². The lowest BCUT2D eigenvalue weighted by Crippen LogP contribution is -2.24. The Labute approximate surface area is 102 Å². The zero-order valence-corrected chi connectivity index (χ0v) is 10.3. The Morgan fingerprint density at radius 1 is 1.06 bits per heavy atom. The van der Waals surface area contributed by atoms with Crippen LogP contribution in [0.15, 0.2) is 36.4 Å². The van der Waals surface area contributed by atoms with Crippen molar-refractivity contribution < 1.29 is 4.74 Å². The van der Waals surface area contributed by atoms with Crippen molar-refractivity contribution in [3.8, 4) is 5.75 Å². The molecule has 2 nitrogen and oxygen atoms in total. The molecule has 88 valence electrons. The van der Waals surface area contributed by atoms with E-state index >= 15 is 0 Å². The molecule has 0 aliphatic heterocycles. The minimum atomic E-state index is 0.244. The minimum Gasteiger partial charge on any atom is -0.497 e. The normalized spacial score (nSPS) is 17.1. The van der Waals surface area contributed by atoms with Crippen LogP contribution in [0, 0.1) is 0 Å². The summed E-state index contributed by atoms with van der Waals surface area (Å²) in [5.41, 5.74) is 1.64. The largest absolute Gasteiger partial charge is 0.497 e. The maximum atomic E-state index is 5.24. The van der Waals surface area contributed by atoms with Gasteiger partial charge in [0, 0.05) is 5.54 Å². The van der Waals surface area contributed by atoms with Gasteiger partial charge >= 0.3 is 0 Å². The predicted octanol–water partition coefficient (Wildman–Crippen LogP) is 3.06. The van der Waals surface area contributed by atoms with E-state index in [1.54, 1.807) is 7.11 Å². The van der Waals surface area contributed by atoms with Crippen LogP contribution in [0.25, 0.3) is 10.8 Å². The van der Waals surface area contributed by atoms with Crippen LogP contribution in [0.3, 0.4) is 0 Å². The van der Waals surface area contributed by atoms with E-state index in [4.69, 9.17) is 4.74 Å². The van der Waals surface area contributed by atoms with Gasteiger partial charge in [-0.1, -0.05) is 18.2 Å². The summed E-state index contributed by atoms with van der Waals surface area (Å²) in [6.45, 7) is 0. The summed E-state index contributed by atoms with van der Waals surface area (Å²) < 4.78 is 5.24. The number of benzene rings is 2. The summed E-state index contributed by atoms with van der Waals surface area (Å²) in [5, 5.41) is 5.95. The molecule has 0 amide bonds. The summed E-state index contributed by atoms with van der Waals surface area (Å²) in [7, 11) is 3.75. The molecule has 1 N–H and O–H groups in total. The summed E-state index contributed by atoms with van der Waals surface area (Å²) in [6.07, 6.45) is 2.48. The molecule has 0 radical (unpaired) electrons. The van der Waals surface area contributed by atoms with Gasteiger partial charge in [-0.15, -0.1) is 0 Å². The lowest BCUT2D eigenvalue weighted by molar-refractivity contribution is 0.415. The second kappa shape index (κ2) is 3.74. The topological polar surface area (TPSA) is 21.3 Å². The molecule has 0 atom stereocenters. The summed E-state index contributed by atoms with van der Waals surface area (Å²) >= 11 is 0. The van der Waals surface area contributed by atoms with Gasteiger partial charge in [-0.2, -0.15) is 0 Å². The van der Waals surface area contributed by atoms with E-state index in [0.29, 0.717) is 0 Å². The van der Waals surface area contributed by atoms with Crippen LogP contribution in [0.2, 0.25) is 0 Å². The highest BCUT2D eigenvalue weighted by Gasteiger charge is 2.42. The van der Waals surface area contributed by atoms with Crippen molar-refractivity contribution in [1.29, 1.82) is 0 Å². The van der Waals surface area contributed by atoms with Gasteiger partial charge < -0.3 is 10.1 Å². The first kappa shape index (κ1) is 10.6. The van der Waals surface area contributed by atoms with E-state index in [9.17, 15) is 0 Å². The molecule has 2 aromatic carbocycles. The van der Waals surface area contributed by atoms with Gasteiger partial charge in [0.05, 0.1) is 7.11 Å². The van der Waals surface area contributed by atoms with Gasteiger partial charge in [-0.25, -0.2) is 0 Å². The smallest absolute Gasteiger partial charge is 0.119 e. The van der Waals surface area contributed by atoms with Gasteiger partial charge in [0.25, 0.3) is 0 Å². The van der Waals surface area contributed by atoms with Gasteiger partial charge in [-0.3, -0.25) is 0 Å². The fourth-order valence-electron chi connectivity index (χ4n) is 2.46. The Balaban J connectivity index is 2.08. The molecule has 0 aromatic heterocycles. The Kier molecular flexibility index (Phi) is 2.33. The van der Waals surface area contributed by atoms with Crippen LogP contribution in [-0.2, 0) is 5.54 Å².